The molecule has 6 nitrogen and oxygen atoms in total. The van der Waals surface area contributed by atoms with E-state index in [9.17, 15) is 4.79 Å². The van der Waals surface area contributed by atoms with Gasteiger partial charge in [-0.3, -0.25) is 4.79 Å². The van der Waals surface area contributed by atoms with Gasteiger partial charge >= 0.3 is 0 Å². The second-order valence-electron chi connectivity index (χ2n) is 8.47. The van der Waals surface area contributed by atoms with Gasteiger partial charge in [-0.05, 0) is 49.2 Å². The molecule has 0 radical (unpaired) electrons. The van der Waals surface area contributed by atoms with Crippen molar-refractivity contribution in [2.75, 3.05) is 25.5 Å². The summed E-state index contributed by atoms with van der Waals surface area (Å²) in [5, 5.41) is 4.63. The molecule has 0 spiro atoms. The van der Waals surface area contributed by atoms with E-state index in [1.54, 1.807) is 12.1 Å². The summed E-state index contributed by atoms with van der Waals surface area (Å²) in [6, 6.07) is 15.5. The van der Waals surface area contributed by atoms with E-state index in [-0.39, 0.29) is 11.9 Å². The van der Waals surface area contributed by atoms with Crippen LogP contribution in [0.2, 0.25) is 5.02 Å². The minimum Gasteiger partial charge on any atom is -0.378 e. The lowest BCUT2D eigenvalue weighted by molar-refractivity contribution is 0.0632. The summed E-state index contributed by atoms with van der Waals surface area (Å²) in [5.41, 5.74) is 2.56. The summed E-state index contributed by atoms with van der Waals surface area (Å²) in [6.45, 7) is 0.524. The fourth-order valence-corrected chi connectivity index (χ4v) is 4.45. The number of rotatable bonds is 7. The van der Waals surface area contributed by atoms with Crippen molar-refractivity contribution in [2.45, 2.75) is 44.6 Å². The van der Waals surface area contributed by atoms with E-state index >= 15 is 0 Å². The van der Waals surface area contributed by atoms with Crippen LogP contribution >= 0.6 is 11.6 Å². The van der Waals surface area contributed by atoms with Crippen LogP contribution in [0.1, 0.15) is 48.4 Å². The number of halogens is 1. The molecule has 1 aliphatic carbocycles. The Kier molecular flexibility index (Phi) is 7.10. The molecule has 168 valence electrons. The Morgan fingerprint density at radius 2 is 1.78 bits per heavy atom. The smallest absolute Gasteiger partial charge is 0.255 e. The zero-order valence-electron chi connectivity index (χ0n) is 18.6. The molecular formula is C25H29ClN4O2. The number of amides is 1. The minimum atomic E-state index is -0.0264. The quantitative estimate of drug-likeness (QED) is 0.475. The Labute approximate surface area is 194 Å². The molecule has 3 aromatic rings. The van der Waals surface area contributed by atoms with Gasteiger partial charge in [0.15, 0.2) is 0 Å². The molecule has 1 heterocycles. The number of carbonyl (C=O) groups excluding carboxylic acids is 1. The molecule has 2 aromatic carbocycles. The second kappa shape index (κ2) is 10.2. The van der Waals surface area contributed by atoms with Crippen molar-refractivity contribution in [3.05, 3.63) is 65.0 Å². The van der Waals surface area contributed by atoms with Crippen molar-refractivity contribution < 1.29 is 9.32 Å². The van der Waals surface area contributed by atoms with E-state index in [4.69, 9.17) is 16.1 Å². The number of hydrogen-bond acceptors (Lipinski definition) is 5. The Bertz CT molecular complexity index is 1040. The SMILES string of the molecule is CN(C)c1ccc(-c2noc(CCN(C(=O)c3ccccc3Cl)C3CCCCC3)n2)cc1. The van der Waals surface area contributed by atoms with Crippen LogP contribution < -0.4 is 4.90 Å². The Hall–Kier alpha value is -2.86. The van der Waals surface area contributed by atoms with Crippen LogP contribution in [0.25, 0.3) is 11.4 Å². The van der Waals surface area contributed by atoms with E-state index in [2.05, 4.69) is 10.1 Å². The van der Waals surface area contributed by atoms with Crippen LogP contribution in [0.15, 0.2) is 53.1 Å². The van der Waals surface area contributed by atoms with Gasteiger partial charge < -0.3 is 14.3 Å². The number of hydrogen-bond donors (Lipinski definition) is 0. The molecule has 1 amide bonds. The number of nitrogens with zero attached hydrogens (tertiary/aromatic N) is 4. The van der Waals surface area contributed by atoms with Gasteiger partial charge in [0.25, 0.3) is 5.91 Å². The molecule has 32 heavy (non-hydrogen) atoms. The first-order chi connectivity index (χ1) is 15.5. The zero-order valence-corrected chi connectivity index (χ0v) is 19.4. The van der Waals surface area contributed by atoms with E-state index in [0.717, 1.165) is 36.9 Å². The van der Waals surface area contributed by atoms with Crippen molar-refractivity contribution in [3.63, 3.8) is 0 Å². The monoisotopic (exact) mass is 452 g/mol. The molecule has 4 rings (SSSR count). The predicted octanol–water partition coefficient (Wildman–Crippen LogP) is 5.47. The highest BCUT2D eigenvalue weighted by atomic mass is 35.5. The van der Waals surface area contributed by atoms with Gasteiger partial charge in [0.2, 0.25) is 11.7 Å². The maximum Gasteiger partial charge on any atom is 0.255 e. The lowest BCUT2D eigenvalue weighted by atomic mass is 9.93. The zero-order chi connectivity index (χ0) is 22.5. The maximum atomic E-state index is 13.4. The van der Waals surface area contributed by atoms with Gasteiger partial charge in [0, 0.05) is 44.4 Å². The Balaban J connectivity index is 1.48. The lowest BCUT2D eigenvalue weighted by Gasteiger charge is -2.34. The number of benzene rings is 2. The van der Waals surface area contributed by atoms with Crippen molar-refractivity contribution in [2.24, 2.45) is 0 Å². The van der Waals surface area contributed by atoms with E-state index in [1.165, 1.54) is 6.42 Å². The fourth-order valence-electron chi connectivity index (χ4n) is 4.23. The van der Waals surface area contributed by atoms with Crippen molar-refractivity contribution in [1.82, 2.24) is 15.0 Å². The topological polar surface area (TPSA) is 62.5 Å². The van der Waals surface area contributed by atoms with Gasteiger partial charge in [0.05, 0.1) is 10.6 Å². The van der Waals surface area contributed by atoms with E-state index in [0.29, 0.717) is 35.3 Å². The van der Waals surface area contributed by atoms with Crippen LogP contribution in [0.4, 0.5) is 5.69 Å². The van der Waals surface area contributed by atoms with Crippen LogP contribution in [0.5, 0.6) is 0 Å². The number of anilines is 1. The van der Waals surface area contributed by atoms with Crippen molar-refractivity contribution in [3.8, 4) is 11.4 Å². The molecule has 0 bridgehead atoms. The standard InChI is InChI=1S/C25H29ClN4O2/c1-29(2)19-14-12-18(13-15-19)24-27-23(32-28-24)16-17-30(20-8-4-3-5-9-20)25(31)21-10-6-7-11-22(21)26/h6-7,10-15,20H,3-5,8-9,16-17H2,1-2H3. The van der Waals surface area contributed by atoms with Crippen LogP contribution in [0.3, 0.4) is 0 Å². The third-order valence-corrected chi connectivity index (χ3v) is 6.39. The van der Waals surface area contributed by atoms with Gasteiger partial charge in [0.1, 0.15) is 0 Å². The van der Waals surface area contributed by atoms with E-state index < -0.39 is 0 Å². The lowest BCUT2D eigenvalue weighted by Crippen LogP contribution is -2.42. The molecule has 7 heteroatoms. The average Bonchev–Trinajstić information content (AvgIpc) is 3.29. The Morgan fingerprint density at radius 3 is 2.47 bits per heavy atom. The molecular weight excluding hydrogens is 424 g/mol. The normalized spacial score (nSPS) is 14.3. The number of aromatic nitrogens is 2. The highest BCUT2D eigenvalue weighted by Crippen LogP contribution is 2.27. The summed E-state index contributed by atoms with van der Waals surface area (Å²) in [6.07, 6.45) is 6.06. The molecule has 0 N–H and O–H groups in total. The maximum absolute atomic E-state index is 13.4. The van der Waals surface area contributed by atoms with Crippen molar-refractivity contribution >= 4 is 23.2 Å². The molecule has 1 aliphatic rings. The molecule has 0 atom stereocenters. The Morgan fingerprint density at radius 1 is 1.06 bits per heavy atom. The van der Waals surface area contributed by atoms with Gasteiger partial charge in [-0.1, -0.05) is 48.2 Å². The first kappa shape index (κ1) is 22.3. The molecule has 1 fully saturated rings. The number of carbonyl (C=O) groups is 1. The summed E-state index contributed by atoms with van der Waals surface area (Å²) >= 11 is 6.33. The van der Waals surface area contributed by atoms with Gasteiger partial charge in [-0.2, -0.15) is 4.98 Å². The molecule has 1 aromatic heterocycles. The van der Waals surface area contributed by atoms with Gasteiger partial charge in [-0.15, -0.1) is 0 Å². The van der Waals surface area contributed by atoms with Crippen LogP contribution in [0, 0.1) is 0 Å². The van der Waals surface area contributed by atoms with E-state index in [1.807, 2.05) is 60.3 Å². The third-order valence-electron chi connectivity index (χ3n) is 6.06. The van der Waals surface area contributed by atoms with Crippen LogP contribution in [-0.2, 0) is 6.42 Å². The van der Waals surface area contributed by atoms with Crippen LogP contribution in [-0.4, -0.2) is 47.6 Å². The predicted molar refractivity (Wildman–Crippen MR) is 127 cm³/mol. The minimum absolute atomic E-state index is 0.0264. The summed E-state index contributed by atoms with van der Waals surface area (Å²) in [5.74, 6) is 1.07. The molecule has 0 saturated heterocycles. The summed E-state index contributed by atoms with van der Waals surface area (Å²) in [7, 11) is 4.01. The first-order valence-corrected chi connectivity index (χ1v) is 11.6. The second-order valence-corrected chi connectivity index (χ2v) is 8.88. The first-order valence-electron chi connectivity index (χ1n) is 11.2. The average molecular weight is 453 g/mol. The largest absolute Gasteiger partial charge is 0.378 e. The molecule has 0 aliphatic heterocycles. The van der Waals surface area contributed by atoms with Crippen molar-refractivity contribution in [1.29, 1.82) is 0 Å². The molecule has 0 unspecified atom stereocenters. The molecule has 1 saturated carbocycles. The highest BCUT2D eigenvalue weighted by Gasteiger charge is 2.27. The highest BCUT2D eigenvalue weighted by molar-refractivity contribution is 6.33. The third kappa shape index (κ3) is 5.13. The van der Waals surface area contributed by atoms with Gasteiger partial charge in [-0.25, -0.2) is 0 Å². The summed E-state index contributed by atoms with van der Waals surface area (Å²) in [4.78, 5) is 21.9. The fraction of sp³-hybridized carbons (Fsp3) is 0.400. The summed E-state index contributed by atoms with van der Waals surface area (Å²) < 4.78 is 5.51.